The summed E-state index contributed by atoms with van der Waals surface area (Å²) in [5, 5.41) is -0.0421. The van der Waals surface area contributed by atoms with Crippen LogP contribution in [0.1, 0.15) is 13.3 Å². The fraction of sp³-hybridized carbons (Fsp3) is 1.00. The second kappa shape index (κ2) is 5.72. The van der Waals surface area contributed by atoms with Gasteiger partial charge in [-0.2, -0.15) is 0 Å². The van der Waals surface area contributed by atoms with Crippen LogP contribution < -0.4 is 5.73 Å². The largest absolute Gasteiger partial charge is 0.329 e. The third-order valence-electron chi connectivity index (χ3n) is 1.64. The van der Waals surface area contributed by atoms with Crippen LogP contribution in [-0.4, -0.2) is 42.2 Å². The Labute approximate surface area is 82.3 Å². The van der Waals surface area contributed by atoms with Gasteiger partial charge in [0.25, 0.3) is 0 Å². The molecule has 6 heteroatoms. The van der Waals surface area contributed by atoms with Gasteiger partial charge in [-0.1, -0.05) is 0 Å². The first-order chi connectivity index (χ1) is 5.87. The minimum absolute atomic E-state index is 0.0421. The molecular formula is C7H17NO3S2. The maximum atomic E-state index is 11.3. The van der Waals surface area contributed by atoms with E-state index in [0.717, 1.165) is 0 Å². The van der Waals surface area contributed by atoms with Crippen molar-refractivity contribution in [2.75, 3.05) is 24.3 Å². The smallest absolute Gasteiger partial charge is 0.147 e. The van der Waals surface area contributed by atoms with Gasteiger partial charge in [0.05, 0.1) is 5.75 Å². The second-order valence-corrected chi connectivity index (χ2v) is 7.35. The monoisotopic (exact) mass is 227 g/mol. The Morgan fingerprint density at radius 1 is 1.46 bits per heavy atom. The number of rotatable bonds is 6. The molecule has 0 aromatic carbocycles. The molecule has 0 heterocycles. The van der Waals surface area contributed by atoms with Crippen molar-refractivity contribution in [2.24, 2.45) is 5.73 Å². The zero-order valence-corrected chi connectivity index (χ0v) is 9.66. The van der Waals surface area contributed by atoms with Gasteiger partial charge >= 0.3 is 0 Å². The van der Waals surface area contributed by atoms with E-state index in [1.54, 1.807) is 6.92 Å². The number of hydrogen-bond acceptors (Lipinski definition) is 4. The van der Waals surface area contributed by atoms with Gasteiger partial charge in [-0.05, 0) is 13.3 Å². The molecule has 0 rings (SSSR count). The van der Waals surface area contributed by atoms with Crippen molar-refractivity contribution in [1.82, 2.24) is 0 Å². The van der Waals surface area contributed by atoms with Crippen molar-refractivity contribution in [3.05, 3.63) is 0 Å². The van der Waals surface area contributed by atoms with E-state index in [0.29, 0.717) is 18.7 Å². The van der Waals surface area contributed by atoms with Crippen LogP contribution in [0.2, 0.25) is 0 Å². The van der Waals surface area contributed by atoms with Crippen molar-refractivity contribution in [1.29, 1.82) is 0 Å². The summed E-state index contributed by atoms with van der Waals surface area (Å²) < 4.78 is 32.8. The van der Waals surface area contributed by atoms with E-state index in [-0.39, 0.29) is 11.0 Å². The highest BCUT2D eigenvalue weighted by Gasteiger charge is 2.10. The molecule has 0 saturated carbocycles. The molecule has 0 aliphatic rings. The van der Waals surface area contributed by atoms with Crippen LogP contribution >= 0.6 is 0 Å². The molecule has 80 valence electrons. The Morgan fingerprint density at radius 3 is 2.38 bits per heavy atom. The molecule has 0 spiro atoms. The second-order valence-electron chi connectivity index (χ2n) is 3.11. The molecule has 2 N–H and O–H groups in total. The predicted molar refractivity (Wildman–Crippen MR) is 55.9 cm³/mol. The molecule has 0 aromatic rings. The average molecular weight is 227 g/mol. The summed E-state index contributed by atoms with van der Waals surface area (Å²) >= 11 is 0. The van der Waals surface area contributed by atoms with E-state index in [1.807, 2.05) is 0 Å². The zero-order chi connectivity index (χ0) is 10.5. The molecule has 0 saturated heterocycles. The maximum Gasteiger partial charge on any atom is 0.147 e. The van der Waals surface area contributed by atoms with Gasteiger partial charge in [-0.3, -0.25) is 4.21 Å². The highest BCUT2D eigenvalue weighted by Crippen LogP contribution is 1.98. The highest BCUT2D eigenvalue weighted by atomic mass is 32.2. The summed E-state index contributed by atoms with van der Waals surface area (Å²) in [6.07, 6.45) is 1.64. The molecule has 2 unspecified atom stereocenters. The molecule has 0 bridgehead atoms. The quantitative estimate of drug-likeness (QED) is 0.664. The fourth-order valence-corrected chi connectivity index (χ4v) is 2.67. The average Bonchev–Trinajstić information content (AvgIpc) is 2.00. The van der Waals surface area contributed by atoms with Crippen LogP contribution in [0.4, 0.5) is 0 Å². The van der Waals surface area contributed by atoms with Crippen LogP contribution in [-0.2, 0) is 20.6 Å². The van der Waals surface area contributed by atoms with E-state index in [9.17, 15) is 12.6 Å². The van der Waals surface area contributed by atoms with E-state index >= 15 is 0 Å². The highest BCUT2D eigenvalue weighted by molar-refractivity contribution is 7.90. The zero-order valence-electron chi connectivity index (χ0n) is 8.02. The Morgan fingerprint density at radius 2 is 2.00 bits per heavy atom. The lowest BCUT2D eigenvalue weighted by Gasteiger charge is -2.07. The van der Waals surface area contributed by atoms with E-state index in [2.05, 4.69) is 0 Å². The number of sulfone groups is 1. The first kappa shape index (κ1) is 13.1. The summed E-state index contributed by atoms with van der Waals surface area (Å²) in [6, 6.07) is 0. The molecule has 0 amide bonds. The van der Waals surface area contributed by atoms with Gasteiger partial charge < -0.3 is 5.73 Å². The van der Waals surface area contributed by atoms with Crippen molar-refractivity contribution >= 4 is 20.6 Å². The molecule has 4 nitrogen and oxygen atoms in total. The van der Waals surface area contributed by atoms with Gasteiger partial charge in [-0.15, -0.1) is 0 Å². The van der Waals surface area contributed by atoms with Gasteiger partial charge in [0.2, 0.25) is 0 Å². The Hall–Kier alpha value is 0.0600. The standard InChI is InChI=1S/C7H17NO3S2/c1-7(6-8)12(9)4-3-5-13(2,10)11/h7H,3-6,8H2,1-2H3. The lowest BCUT2D eigenvalue weighted by Crippen LogP contribution is -2.24. The fourth-order valence-electron chi connectivity index (χ4n) is 0.772. The summed E-state index contributed by atoms with van der Waals surface area (Å²) in [6.45, 7) is 2.18. The molecule has 0 aromatic heterocycles. The van der Waals surface area contributed by atoms with Crippen LogP contribution in [0.15, 0.2) is 0 Å². The summed E-state index contributed by atoms with van der Waals surface area (Å²) in [5.41, 5.74) is 5.32. The molecule has 0 fully saturated rings. The first-order valence-corrected chi connectivity index (χ1v) is 7.56. The van der Waals surface area contributed by atoms with Gasteiger partial charge in [0.15, 0.2) is 0 Å². The summed E-state index contributed by atoms with van der Waals surface area (Å²) in [7, 11) is -3.91. The normalized spacial score (nSPS) is 16.8. The van der Waals surface area contributed by atoms with Gasteiger partial charge in [0, 0.05) is 34.6 Å². The van der Waals surface area contributed by atoms with Crippen LogP contribution in [0.3, 0.4) is 0 Å². The molecule has 0 aliphatic heterocycles. The third-order valence-corrected chi connectivity index (χ3v) is 4.45. The van der Waals surface area contributed by atoms with Crippen LogP contribution in [0, 0.1) is 0 Å². The topological polar surface area (TPSA) is 77.2 Å². The number of nitrogens with two attached hydrogens (primary N) is 1. The molecule has 13 heavy (non-hydrogen) atoms. The minimum Gasteiger partial charge on any atom is -0.329 e. The van der Waals surface area contributed by atoms with Crippen LogP contribution in [0.25, 0.3) is 0 Å². The van der Waals surface area contributed by atoms with E-state index in [1.165, 1.54) is 6.26 Å². The minimum atomic E-state index is -2.92. The van der Waals surface area contributed by atoms with E-state index in [4.69, 9.17) is 5.73 Å². The maximum absolute atomic E-state index is 11.3. The Balaban J connectivity index is 3.72. The molecule has 0 radical (unpaired) electrons. The number of hydrogen-bond donors (Lipinski definition) is 1. The van der Waals surface area contributed by atoms with E-state index < -0.39 is 20.6 Å². The van der Waals surface area contributed by atoms with Crippen molar-refractivity contribution < 1.29 is 12.6 Å². The SMILES string of the molecule is CC(CN)S(=O)CCCS(C)(=O)=O. The van der Waals surface area contributed by atoms with Crippen LogP contribution in [0.5, 0.6) is 0 Å². The lowest BCUT2D eigenvalue weighted by atomic mass is 10.5. The van der Waals surface area contributed by atoms with Gasteiger partial charge in [-0.25, -0.2) is 8.42 Å². The molecule has 0 aliphatic carbocycles. The first-order valence-electron chi connectivity index (χ1n) is 4.12. The Bertz CT molecular complexity index is 261. The molecular weight excluding hydrogens is 210 g/mol. The van der Waals surface area contributed by atoms with Gasteiger partial charge in [0.1, 0.15) is 9.84 Å². The summed E-state index contributed by atoms with van der Waals surface area (Å²) in [5.74, 6) is 0.529. The van der Waals surface area contributed by atoms with Crippen molar-refractivity contribution in [2.45, 2.75) is 18.6 Å². The molecule has 2 atom stereocenters. The lowest BCUT2D eigenvalue weighted by molar-refractivity contribution is 0.600. The third kappa shape index (κ3) is 7.16. The summed E-state index contributed by atoms with van der Waals surface area (Å²) in [4.78, 5) is 0. The predicted octanol–water partition coefficient (Wildman–Crippen LogP) is -0.483. The van der Waals surface area contributed by atoms with Crippen molar-refractivity contribution in [3.63, 3.8) is 0 Å². The Kier molecular flexibility index (Phi) is 5.75. The van der Waals surface area contributed by atoms with Crippen molar-refractivity contribution in [3.8, 4) is 0 Å².